The van der Waals surface area contributed by atoms with Crippen molar-refractivity contribution >= 4 is 40.2 Å². The molecule has 3 aromatic carbocycles. The number of aromatic nitrogens is 1. The molecule has 31 heavy (non-hydrogen) atoms. The van der Waals surface area contributed by atoms with Gasteiger partial charge in [0.2, 0.25) is 11.2 Å². The summed E-state index contributed by atoms with van der Waals surface area (Å²) in [7, 11) is 0. The first-order chi connectivity index (χ1) is 14.7. The maximum atomic E-state index is 12.2. The number of benzene rings is 3. The number of esters is 1. The number of thioether (sulfide) groups is 1. The molecule has 4 aromatic rings. The number of halogens is 2. The van der Waals surface area contributed by atoms with E-state index in [1.165, 1.54) is 11.8 Å². The van der Waals surface area contributed by atoms with Gasteiger partial charge in [-0.15, -0.1) is 11.8 Å². The van der Waals surface area contributed by atoms with Gasteiger partial charge < -0.3 is 17.1 Å². The third-order valence-corrected chi connectivity index (χ3v) is 6.04. The summed E-state index contributed by atoms with van der Waals surface area (Å²) in [5.74, 6) is -0.000311. The van der Waals surface area contributed by atoms with Crippen LogP contribution in [-0.2, 0) is 9.53 Å². The SMILES string of the molecule is CCOC(=O)CSc1c(-c2ccccc2)[nH+]c2ccc(Cl)cc2c1-c1ccccc1.[Cl-]. The second-order valence-electron chi connectivity index (χ2n) is 6.72. The molecule has 0 saturated heterocycles. The number of hydrogen-bond donors (Lipinski definition) is 0. The zero-order valence-electron chi connectivity index (χ0n) is 16.9. The van der Waals surface area contributed by atoms with Gasteiger partial charge in [-0.3, -0.25) is 4.79 Å². The second kappa shape index (κ2) is 10.7. The van der Waals surface area contributed by atoms with E-state index in [2.05, 4.69) is 29.2 Å². The van der Waals surface area contributed by atoms with Crippen molar-refractivity contribution in [3.8, 4) is 22.4 Å². The summed E-state index contributed by atoms with van der Waals surface area (Å²) in [4.78, 5) is 16.7. The quantitative estimate of drug-likeness (QED) is 0.321. The first kappa shape index (κ1) is 23.1. The monoisotopic (exact) mass is 469 g/mol. The van der Waals surface area contributed by atoms with Crippen LogP contribution < -0.4 is 17.4 Å². The topological polar surface area (TPSA) is 40.4 Å². The van der Waals surface area contributed by atoms with Gasteiger partial charge in [0.1, 0.15) is 0 Å². The molecule has 0 radical (unpaired) electrons. The number of aromatic amines is 1. The Bertz CT molecular complexity index is 1180. The van der Waals surface area contributed by atoms with Crippen LogP contribution in [0.2, 0.25) is 5.02 Å². The van der Waals surface area contributed by atoms with E-state index in [-0.39, 0.29) is 24.1 Å². The summed E-state index contributed by atoms with van der Waals surface area (Å²) in [6, 6.07) is 26.2. The summed E-state index contributed by atoms with van der Waals surface area (Å²) in [6.45, 7) is 2.19. The Labute approximate surface area is 197 Å². The molecule has 0 aliphatic heterocycles. The van der Waals surface area contributed by atoms with Crippen molar-refractivity contribution in [2.24, 2.45) is 0 Å². The Morgan fingerprint density at radius 2 is 1.61 bits per heavy atom. The highest BCUT2D eigenvalue weighted by Crippen LogP contribution is 2.41. The number of carbonyl (C=O) groups excluding carboxylic acids is 1. The van der Waals surface area contributed by atoms with Crippen molar-refractivity contribution in [3.63, 3.8) is 0 Å². The Kier molecular flexibility index (Phi) is 7.97. The molecule has 158 valence electrons. The maximum Gasteiger partial charge on any atom is 0.316 e. The van der Waals surface area contributed by atoms with E-state index in [0.717, 1.165) is 38.2 Å². The van der Waals surface area contributed by atoms with Gasteiger partial charge in [-0.1, -0.05) is 60.1 Å². The maximum absolute atomic E-state index is 12.2. The van der Waals surface area contributed by atoms with E-state index < -0.39 is 0 Å². The lowest BCUT2D eigenvalue weighted by Crippen LogP contribution is -3.00. The lowest BCUT2D eigenvalue weighted by molar-refractivity contribution is -0.333. The van der Waals surface area contributed by atoms with Crippen LogP contribution in [0, 0.1) is 0 Å². The van der Waals surface area contributed by atoms with Crippen LogP contribution >= 0.6 is 23.4 Å². The van der Waals surface area contributed by atoms with E-state index in [1.807, 2.05) is 61.5 Å². The van der Waals surface area contributed by atoms with E-state index in [4.69, 9.17) is 16.3 Å². The van der Waals surface area contributed by atoms with Gasteiger partial charge in [-0.05, 0) is 36.8 Å². The number of H-pyrrole nitrogens is 1. The summed E-state index contributed by atoms with van der Waals surface area (Å²) >= 11 is 7.84. The smallest absolute Gasteiger partial charge is 0.316 e. The lowest BCUT2D eigenvalue weighted by Gasteiger charge is -2.14. The fourth-order valence-corrected chi connectivity index (χ4v) is 4.65. The molecular formula is C25H21Cl2NO2S. The Balaban J connectivity index is 0.00000272. The third-order valence-electron chi connectivity index (χ3n) is 4.73. The van der Waals surface area contributed by atoms with Gasteiger partial charge in [0.05, 0.1) is 22.6 Å². The zero-order valence-corrected chi connectivity index (χ0v) is 19.2. The van der Waals surface area contributed by atoms with Gasteiger partial charge in [0.15, 0.2) is 0 Å². The number of nitrogens with one attached hydrogen (secondary N) is 1. The van der Waals surface area contributed by atoms with Gasteiger partial charge in [0.25, 0.3) is 0 Å². The van der Waals surface area contributed by atoms with Crippen LogP contribution in [0.4, 0.5) is 0 Å². The van der Waals surface area contributed by atoms with Crippen LogP contribution in [0.1, 0.15) is 6.92 Å². The van der Waals surface area contributed by atoms with Crippen LogP contribution in [0.5, 0.6) is 0 Å². The minimum atomic E-state index is -0.230. The number of hydrogen-bond acceptors (Lipinski definition) is 3. The molecule has 4 rings (SSSR count). The highest BCUT2D eigenvalue weighted by molar-refractivity contribution is 8.00. The fourth-order valence-electron chi connectivity index (χ4n) is 3.45. The highest BCUT2D eigenvalue weighted by Gasteiger charge is 2.24. The minimum absolute atomic E-state index is 0. The van der Waals surface area contributed by atoms with Crippen LogP contribution in [0.25, 0.3) is 33.3 Å². The van der Waals surface area contributed by atoms with Crippen molar-refractivity contribution < 1.29 is 26.9 Å². The molecule has 1 heterocycles. The van der Waals surface area contributed by atoms with E-state index in [9.17, 15) is 4.79 Å². The lowest BCUT2D eigenvalue weighted by atomic mass is 9.98. The minimum Gasteiger partial charge on any atom is -1.00 e. The van der Waals surface area contributed by atoms with Gasteiger partial charge >= 0.3 is 5.97 Å². The van der Waals surface area contributed by atoms with Gasteiger partial charge in [0, 0.05) is 22.2 Å². The molecule has 0 aliphatic carbocycles. The zero-order chi connectivity index (χ0) is 20.9. The fraction of sp³-hybridized carbons (Fsp3) is 0.120. The van der Waals surface area contributed by atoms with E-state index in [1.54, 1.807) is 0 Å². The first-order valence-corrected chi connectivity index (χ1v) is 11.1. The number of pyridine rings is 1. The highest BCUT2D eigenvalue weighted by atomic mass is 35.5. The number of carbonyl (C=O) groups is 1. The van der Waals surface area contributed by atoms with Crippen LogP contribution in [0.15, 0.2) is 83.8 Å². The molecule has 0 amide bonds. The van der Waals surface area contributed by atoms with Crippen molar-refractivity contribution in [1.82, 2.24) is 0 Å². The molecule has 1 aromatic heterocycles. The average molecular weight is 470 g/mol. The number of rotatable bonds is 6. The Hall–Kier alpha value is -2.53. The Morgan fingerprint density at radius 1 is 0.968 bits per heavy atom. The Morgan fingerprint density at radius 3 is 2.26 bits per heavy atom. The molecule has 0 bridgehead atoms. The first-order valence-electron chi connectivity index (χ1n) is 9.75. The van der Waals surface area contributed by atoms with E-state index in [0.29, 0.717) is 11.6 Å². The predicted octanol–water partition coefficient (Wildman–Crippen LogP) is 3.30. The van der Waals surface area contributed by atoms with Gasteiger partial charge in [-0.25, -0.2) is 4.98 Å². The second-order valence-corrected chi connectivity index (χ2v) is 8.14. The third kappa shape index (κ3) is 5.21. The summed E-state index contributed by atoms with van der Waals surface area (Å²) < 4.78 is 5.17. The normalized spacial score (nSPS) is 10.5. The number of ether oxygens (including phenoxy) is 1. The van der Waals surface area contributed by atoms with Crippen molar-refractivity contribution in [3.05, 3.63) is 83.9 Å². The van der Waals surface area contributed by atoms with Crippen molar-refractivity contribution in [2.45, 2.75) is 11.8 Å². The van der Waals surface area contributed by atoms with Gasteiger partial charge in [-0.2, -0.15) is 0 Å². The molecule has 0 saturated carbocycles. The molecule has 0 fully saturated rings. The molecule has 3 nitrogen and oxygen atoms in total. The molecule has 6 heteroatoms. The molecule has 1 N–H and O–H groups in total. The molecule has 0 unspecified atom stereocenters. The predicted molar refractivity (Wildman–Crippen MR) is 124 cm³/mol. The molecule has 0 aliphatic rings. The average Bonchev–Trinajstić information content (AvgIpc) is 2.78. The summed E-state index contributed by atoms with van der Waals surface area (Å²) in [5.41, 5.74) is 5.14. The summed E-state index contributed by atoms with van der Waals surface area (Å²) in [5, 5.41) is 1.68. The summed E-state index contributed by atoms with van der Waals surface area (Å²) in [6.07, 6.45) is 0. The number of fused-ring (bicyclic) bond motifs is 1. The molecule has 0 spiro atoms. The van der Waals surface area contributed by atoms with Crippen molar-refractivity contribution in [2.75, 3.05) is 12.4 Å². The molecule has 0 atom stereocenters. The van der Waals surface area contributed by atoms with Crippen molar-refractivity contribution in [1.29, 1.82) is 0 Å². The van der Waals surface area contributed by atoms with Crippen LogP contribution in [0.3, 0.4) is 0 Å². The standard InChI is InChI=1S/C25H20ClNO2S.ClH/c1-2-29-22(28)16-30-25-23(17-9-5-3-6-10-17)20-15-19(26)13-14-21(20)27-24(25)18-11-7-4-8-12-18;/h3-15H,2,16H2,1H3;1H. The van der Waals surface area contributed by atoms with Crippen LogP contribution in [-0.4, -0.2) is 18.3 Å². The largest absolute Gasteiger partial charge is 1.00 e. The van der Waals surface area contributed by atoms with E-state index >= 15 is 0 Å². The molecular weight excluding hydrogens is 449 g/mol.